The number of hydrogen-bond donors (Lipinski definition) is 1. The summed E-state index contributed by atoms with van der Waals surface area (Å²) in [5.74, 6) is 1.60. The van der Waals surface area contributed by atoms with E-state index in [1.54, 1.807) is 7.11 Å². The average Bonchev–Trinajstić information content (AvgIpc) is 2.43. The first-order valence-electron chi connectivity index (χ1n) is 7.68. The summed E-state index contributed by atoms with van der Waals surface area (Å²) in [5.41, 5.74) is 1.20. The van der Waals surface area contributed by atoms with Crippen LogP contribution in [0.15, 0.2) is 18.2 Å². The van der Waals surface area contributed by atoms with E-state index in [9.17, 15) is 0 Å². The third-order valence-corrected chi connectivity index (χ3v) is 3.44. The van der Waals surface area contributed by atoms with Crippen LogP contribution in [0.1, 0.15) is 33.3 Å². The summed E-state index contributed by atoms with van der Waals surface area (Å²) < 4.78 is 11.1. The van der Waals surface area contributed by atoms with Crippen molar-refractivity contribution in [1.29, 1.82) is 0 Å². The minimum atomic E-state index is 0.148. The molecule has 0 spiro atoms. The molecular formula is C17H30N2O2. The van der Waals surface area contributed by atoms with Crippen molar-refractivity contribution >= 4 is 0 Å². The van der Waals surface area contributed by atoms with Crippen LogP contribution < -0.4 is 14.8 Å². The van der Waals surface area contributed by atoms with Gasteiger partial charge >= 0.3 is 0 Å². The topological polar surface area (TPSA) is 33.7 Å². The van der Waals surface area contributed by atoms with Crippen molar-refractivity contribution in [1.82, 2.24) is 10.2 Å². The number of hydrogen-bond acceptors (Lipinski definition) is 4. The highest BCUT2D eigenvalue weighted by Crippen LogP contribution is 2.28. The standard InChI is InChI=1S/C17H30N2O2/c1-13(2)19(5)10-9-18-12-15-7-8-16(21-14(3)4)17(11-15)20-6/h7-8,11,13-14,18H,9-10,12H2,1-6H3. The molecule has 0 aliphatic rings. The van der Waals surface area contributed by atoms with Gasteiger partial charge in [0.2, 0.25) is 0 Å². The van der Waals surface area contributed by atoms with Crippen LogP contribution in [0.4, 0.5) is 0 Å². The van der Waals surface area contributed by atoms with Gasteiger partial charge in [0, 0.05) is 25.7 Å². The van der Waals surface area contributed by atoms with Gasteiger partial charge in [-0.2, -0.15) is 0 Å². The predicted molar refractivity (Wildman–Crippen MR) is 88.2 cm³/mol. The minimum absolute atomic E-state index is 0.148. The van der Waals surface area contributed by atoms with Crippen molar-refractivity contribution in [2.75, 3.05) is 27.2 Å². The summed E-state index contributed by atoms with van der Waals surface area (Å²) in [7, 11) is 3.82. The molecule has 0 radical (unpaired) electrons. The van der Waals surface area contributed by atoms with E-state index in [0.29, 0.717) is 6.04 Å². The number of benzene rings is 1. The summed E-state index contributed by atoms with van der Waals surface area (Å²) in [6, 6.07) is 6.69. The van der Waals surface area contributed by atoms with E-state index < -0.39 is 0 Å². The smallest absolute Gasteiger partial charge is 0.161 e. The number of rotatable bonds is 9. The zero-order valence-corrected chi connectivity index (χ0v) is 14.3. The van der Waals surface area contributed by atoms with Gasteiger partial charge in [-0.05, 0) is 52.4 Å². The lowest BCUT2D eigenvalue weighted by atomic mass is 10.2. The lowest BCUT2D eigenvalue weighted by Gasteiger charge is -2.21. The number of likely N-dealkylation sites (N-methyl/N-ethyl adjacent to an activating group) is 1. The van der Waals surface area contributed by atoms with E-state index in [4.69, 9.17) is 9.47 Å². The molecule has 0 atom stereocenters. The molecule has 120 valence electrons. The Hall–Kier alpha value is -1.26. The Kier molecular flexibility index (Phi) is 7.54. The Balaban J connectivity index is 2.49. The zero-order chi connectivity index (χ0) is 15.8. The zero-order valence-electron chi connectivity index (χ0n) is 14.3. The van der Waals surface area contributed by atoms with Crippen LogP contribution in [-0.4, -0.2) is 44.3 Å². The van der Waals surface area contributed by atoms with Crippen LogP contribution in [0.2, 0.25) is 0 Å². The Morgan fingerprint density at radius 1 is 1.14 bits per heavy atom. The fourth-order valence-electron chi connectivity index (χ4n) is 1.92. The monoisotopic (exact) mass is 294 g/mol. The quantitative estimate of drug-likeness (QED) is 0.710. The van der Waals surface area contributed by atoms with Crippen molar-refractivity contribution in [3.63, 3.8) is 0 Å². The van der Waals surface area contributed by atoms with Crippen LogP contribution >= 0.6 is 0 Å². The lowest BCUT2D eigenvalue weighted by Crippen LogP contribution is -2.33. The predicted octanol–water partition coefficient (Wildman–Crippen LogP) is 2.91. The lowest BCUT2D eigenvalue weighted by molar-refractivity contribution is 0.230. The van der Waals surface area contributed by atoms with E-state index in [1.807, 2.05) is 26.0 Å². The van der Waals surface area contributed by atoms with Crippen LogP contribution in [0.5, 0.6) is 11.5 Å². The van der Waals surface area contributed by atoms with Gasteiger partial charge in [-0.15, -0.1) is 0 Å². The van der Waals surface area contributed by atoms with Gasteiger partial charge in [-0.25, -0.2) is 0 Å². The molecule has 4 nitrogen and oxygen atoms in total. The second-order valence-corrected chi connectivity index (χ2v) is 5.90. The molecule has 0 saturated carbocycles. The second-order valence-electron chi connectivity index (χ2n) is 5.90. The van der Waals surface area contributed by atoms with Gasteiger partial charge in [0.25, 0.3) is 0 Å². The summed E-state index contributed by atoms with van der Waals surface area (Å²) in [4.78, 5) is 2.33. The molecule has 0 heterocycles. The molecule has 0 aliphatic carbocycles. The number of nitrogens with zero attached hydrogens (tertiary/aromatic N) is 1. The van der Waals surface area contributed by atoms with Gasteiger partial charge in [-0.3, -0.25) is 0 Å². The molecule has 1 rings (SSSR count). The SMILES string of the molecule is COc1cc(CNCCN(C)C(C)C)ccc1OC(C)C. The highest BCUT2D eigenvalue weighted by molar-refractivity contribution is 5.43. The molecular weight excluding hydrogens is 264 g/mol. The van der Waals surface area contributed by atoms with Crippen molar-refractivity contribution in [2.24, 2.45) is 0 Å². The van der Waals surface area contributed by atoms with Crippen LogP contribution in [0, 0.1) is 0 Å². The fourth-order valence-corrected chi connectivity index (χ4v) is 1.92. The van der Waals surface area contributed by atoms with Gasteiger partial charge in [0.1, 0.15) is 0 Å². The van der Waals surface area contributed by atoms with E-state index in [2.05, 4.69) is 37.2 Å². The first kappa shape index (κ1) is 17.8. The Labute approximate surface area is 129 Å². The third-order valence-electron chi connectivity index (χ3n) is 3.44. The highest BCUT2D eigenvalue weighted by atomic mass is 16.5. The molecule has 0 saturated heterocycles. The molecule has 1 N–H and O–H groups in total. The maximum atomic E-state index is 5.72. The highest BCUT2D eigenvalue weighted by Gasteiger charge is 2.07. The second kappa shape index (κ2) is 8.90. The molecule has 4 heteroatoms. The number of ether oxygens (including phenoxy) is 2. The number of nitrogens with one attached hydrogen (secondary N) is 1. The fraction of sp³-hybridized carbons (Fsp3) is 0.647. The average molecular weight is 294 g/mol. The first-order valence-corrected chi connectivity index (χ1v) is 7.68. The maximum absolute atomic E-state index is 5.72. The van der Waals surface area contributed by atoms with Crippen LogP contribution in [-0.2, 0) is 6.54 Å². The Bertz CT molecular complexity index is 419. The Morgan fingerprint density at radius 3 is 2.43 bits per heavy atom. The molecule has 0 aromatic heterocycles. The van der Waals surface area contributed by atoms with Gasteiger partial charge in [-0.1, -0.05) is 6.07 Å². The summed E-state index contributed by atoms with van der Waals surface area (Å²) in [5, 5.41) is 3.46. The largest absolute Gasteiger partial charge is 0.493 e. The van der Waals surface area contributed by atoms with Crippen molar-refractivity contribution in [2.45, 2.75) is 46.4 Å². The summed E-state index contributed by atoms with van der Waals surface area (Å²) in [6.07, 6.45) is 0.148. The normalized spacial score (nSPS) is 11.5. The minimum Gasteiger partial charge on any atom is -0.493 e. The molecule has 0 bridgehead atoms. The van der Waals surface area contributed by atoms with Gasteiger partial charge in [0.05, 0.1) is 13.2 Å². The maximum Gasteiger partial charge on any atom is 0.161 e. The molecule has 0 unspecified atom stereocenters. The summed E-state index contributed by atoms with van der Waals surface area (Å²) in [6.45, 7) is 11.3. The third kappa shape index (κ3) is 6.36. The van der Waals surface area contributed by atoms with E-state index in [-0.39, 0.29) is 6.10 Å². The van der Waals surface area contributed by atoms with Crippen molar-refractivity contribution in [3.05, 3.63) is 23.8 Å². The van der Waals surface area contributed by atoms with Crippen molar-refractivity contribution in [3.8, 4) is 11.5 Å². The molecule has 0 aliphatic heterocycles. The summed E-state index contributed by atoms with van der Waals surface area (Å²) >= 11 is 0. The molecule has 0 amide bonds. The van der Waals surface area contributed by atoms with E-state index >= 15 is 0 Å². The first-order chi connectivity index (χ1) is 9.93. The molecule has 21 heavy (non-hydrogen) atoms. The van der Waals surface area contributed by atoms with E-state index in [1.165, 1.54) is 5.56 Å². The number of methoxy groups -OCH3 is 1. The molecule has 1 aromatic carbocycles. The van der Waals surface area contributed by atoms with E-state index in [0.717, 1.165) is 31.1 Å². The van der Waals surface area contributed by atoms with Gasteiger partial charge < -0.3 is 19.7 Å². The van der Waals surface area contributed by atoms with Crippen LogP contribution in [0.3, 0.4) is 0 Å². The molecule has 0 fully saturated rings. The van der Waals surface area contributed by atoms with Crippen molar-refractivity contribution < 1.29 is 9.47 Å². The molecule has 1 aromatic rings. The van der Waals surface area contributed by atoms with Gasteiger partial charge in [0.15, 0.2) is 11.5 Å². The van der Waals surface area contributed by atoms with Crippen LogP contribution in [0.25, 0.3) is 0 Å². The Morgan fingerprint density at radius 2 is 1.86 bits per heavy atom.